The highest BCUT2D eigenvalue weighted by Crippen LogP contribution is 2.40. The maximum atomic E-state index is 11.0. The smallest absolute Gasteiger partial charge is 0.145 e. The van der Waals surface area contributed by atoms with Gasteiger partial charge in [0, 0.05) is 18.1 Å². The number of anilines is 1. The van der Waals surface area contributed by atoms with Crippen LogP contribution < -0.4 is 5.32 Å². The number of aryl methyl sites for hydroxylation is 1. The molecule has 3 heterocycles. The van der Waals surface area contributed by atoms with Gasteiger partial charge in [-0.2, -0.15) is 5.10 Å². The number of aromatic nitrogens is 5. The van der Waals surface area contributed by atoms with Gasteiger partial charge < -0.3 is 20.1 Å². The van der Waals surface area contributed by atoms with Crippen LogP contribution in [0.1, 0.15) is 30.0 Å². The van der Waals surface area contributed by atoms with E-state index in [9.17, 15) is 10.2 Å². The third kappa shape index (κ3) is 4.34. The molecule has 0 saturated heterocycles. The van der Waals surface area contributed by atoms with E-state index in [1.807, 2.05) is 47.3 Å². The van der Waals surface area contributed by atoms with Crippen LogP contribution in [0.3, 0.4) is 0 Å². The largest absolute Gasteiger partial charge is 0.390 e. The molecule has 184 valence electrons. The maximum Gasteiger partial charge on any atom is 0.145 e. The van der Waals surface area contributed by atoms with Crippen molar-refractivity contribution in [3.8, 4) is 0 Å². The van der Waals surface area contributed by atoms with E-state index in [1.165, 1.54) is 11.1 Å². The fourth-order valence-electron chi connectivity index (χ4n) is 5.51. The Bertz CT molecular complexity index is 1460. The first-order valence-corrected chi connectivity index (χ1v) is 12.5. The minimum Gasteiger partial charge on any atom is -0.390 e. The van der Waals surface area contributed by atoms with Crippen LogP contribution in [0.15, 0.2) is 73.3 Å². The molecule has 2 aromatic carbocycles. The zero-order valence-electron chi connectivity index (χ0n) is 20.0. The quantitative estimate of drug-likeness (QED) is 0.267. The summed E-state index contributed by atoms with van der Waals surface area (Å²) < 4.78 is 2.00. The molecule has 1 aliphatic carbocycles. The fourth-order valence-corrected chi connectivity index (χ4v) is 5.51. The van der Waals surface area contributed by atoms with Gasteiger partial charge in [-0.15, -0.1) is 0 Å². The first-order chi connectivity index (χ1) is 17.7. The number of benzene rings is 2. The molecule has 0 unspecified atom stereocenters. The molecule has 0 aliphatic heterocycles. The summed E-state index contributed by atoms with van der Waals surface area (Å²) in [7, 11) is 0. The zero-order valence-corrected chi connectivity index (χ0v) is 20.0. The lowest BCUT2D eigenvalue weighted by atomic mass is 9.95. The van der Waals surface area contributed by atoms with Crippen LogP contribution in [-0.4, -0.2) is 53.7 Å². The van der Waals surface area contributed by atoms with Gasteiger partial charge in [0.1, 0.15) is 23.9 Å². The number of rotatable bonds is 8. The SMILES string of the molecule is O[C@@H]1[C@@H](CCc2ccc3[nH]ncc3c2)C[C@@H](n2ccc3c(NCCc4ccccc4)ncnc32)[C@@H]1O. The number of fused-ring (bicyclic) bond motifs is 2. The highest BCUT2D eigenvalue weighted by molar-refractivity contribution is 5.87. The van der Waals surface area contributed by atoms with Gasteiger partial charge in [0.2, 0.25) is 0 Å². The molecule has 0 radical (unpaired) electrons. The first-order valence-electron chi connectivity index (χ1n) is 12.5. The summed E-state index contributed by atoms with van der Waals surface area (Å²) in [6, 6.07) is 18.4. The summed E-state index contributed by atoms with van der Waals surface area (Å²) in [5.74, 6) is 0.793. The number of nitrogens with one attached hydrogen (secondary N) is 2. The van der Waals surface area contributed by atoms with Crippen LogP contribution in [0.2, 0.25) is 0 Å². The fraction of sp³-hybridized carbons (Fsp3) is 0.321. The number of hydrogen-bond acceptors (Lipinski definition) is 6. The second kappa shape index (κ2) is 9.72. The summed E-state index contributed by atoms with van der Waals surface area (Å²) in [6.45, 7) is 0.763. The molecule has 4 N–H and O–H groups in total. The summed E-state index contributed by atoms with van der Waals surface area (Å²) in [6.07, 6.45) is 6.97. The van der Waals surface area contributed by atoms with E-state index in [0.29, 0.717) is 6.42 Å². The van der Waals surface area contributed by atoms with Gasteiger partial charge in [-0.25, -0.2) is 9.97 Å². The minimum absolute atomic E-state index is 0.00722. The molecule has 1 fully saturated rings. The van der Waals surface area contributed by atoms with Crippen molar-refractivity contribution in [2.24, 2.45) is 5.92 Å². The average Bonchev–Trinajstić information content (AvgIpc) is 3.62. The maximum absolute atomic E-state index is 11.0. The Labute approximate surface area is 209 Å². The topological polar surface area (TPSA) is 112 Å². The van der Waals surface area contributed by atoms with E-state index >= 15 is 0 Å². The molecule has 3 aromatic heterocycles. The number of nitrogens with zero attached hydrogens (tertiary/aromatic N) is 4. The van der Waals surface area contributed by atoms with Crippen LogP contribution in [0.25, 0.3) is 21.9 Å². The van der Waals surface area contributed by atoms with Crippen molar-refractivity contribution in [3.63, 3.8) is 0 Å². The van der Waals surface area contributed by atoms with E-state index < -0.39 is 12.2 Å². The highest BCUT2D eigenvalue weighted by atomic mass is 16.3. The first kappa shape index (κ1) is 22.7. The Morgan fingerprint density at radius 2 is 1.86 bits per heavy atom. The molecule has 0 amide bonds. The van der Waals surface area contributed by atoms with Crippen LogP contribution in [-0.2, 0) is 12.8 Å². The monoisotopic (exact) mass is 482 g/mol. The molecule has 1 aliphatic rings. The summed E-state index contributed by atoms with van der Waals surface area (Å²) >= 11 is 0. The number of aromatic amines is 1. The van der Waals surface area contributed by atoms with Crippen molar-refractivity contribution in [1.29, 1.82) is 0 Å². The highest BCUT2D eigenvalue weighted by Gasteiger charge is 2.42. The predicted octanol–water partition coefficient (Wildman–Crippen LogP) is 3.88. The van der Waals surface area contributed by atoms with Crippen molar-refractivity contribution < 1.29 is 10.2 Å². The minimum atomic E-state index is -0.841. The lowest BCUT2D eigenvalue weighted by molar-refractivity contribution is 0.00545. The van der Waals surface area contributed by atoms with Gasteiger partial charge in [-0.1, -0.05) is 36.4 Å². The van der Waals surface area contributed by atoms with Gasteiger partial charge in [0.25, 0.3) is 0 Å². The lowest BCUT2D eigenvalue weighted by Crippen LogP contribution is -2.29. The molecule has 0 spiro atoms. The van der Waals surface area contributed by atoms with Gasteiger partial charge in [-0.3, -0.25) is 5.10 Å². The Kier molecular flexibility index (Phi) is 6.13. The van der Waals surface area contributed by atoms with Crippen LogP contribution in [0.5, 0.6) is 0 Å². The second-order valence-electron chi connectivity index (χ2n) is 9.72. The van der Waals surface area contributed by atoms with Gasteiger partial charge in [0.05, 0.1) is 29.2 Å². The molecule has 8 heteroatoms. The third-order valence-corrected chi connectivity index (χ3v) is 7.50. The molecule has 6 rings (SSSR count). The Hall–Kier alpha value is -3.75. The van der Waals surface area contributed by atoms with Crippen LogP contribution in [0, 0.1) is 5.92 Å². The zero-order chi connectivity index (χ0) is 24.5. The Balaban J connectivity index is 1.15. The van der Waals surface area contributed by atoms with E-state index in [2.05, 4.69) is 49.7 Å². The van der Waals surface area contributed by atoms with E-state index in [1.54, 1.807) is 6.33 Å². The van der Waals surface area contributed by atoms with Crippen LogP contribution in [0.4, 0.5) is 5.82 Å². The van der Waals surface area contributed by atoms with Gasteiger partial charge >= 0.3 is 0 Å². The number of aliphatic hydroxyl groups excluding tert-OH is 2. The third-order valence-electron chi connectivity index (χ3n) is 7.50. The molecular weight excluding hydrogens is 452 g/mol. The van der Waals surface area contributed by atoms with Crippen molar-refractivity contribution in [2.75, 3.05) is 11.9 Å². The number of hydrogen-bond donors (Lipinski definition) is 4. The molecule has 1 saturated carbocycles. The van der Waals surface area contributed by atoms with Gasteiger partial charge in [-0.05, 0) is 60.9 Å². The van der Waals surface area contributed by atoms with Crippen molar-refractivity contribution in [2.45, 2.75) is 43.9 Å². The van der Waals surface area contributed by atoms with Crippen molar-refractivity contribution >= 4 is 27.8 Å². The second-order valence-corrected chi connectivity index (χ2v) is 9.72. The van der Waals surface area contributed by atoms with Gasteiger partial charge in [0.15, 0.2) is 0 Å². The number of H-pyrrole nitrogens is 1. The van der Waals surface area contributed by atoms with E-state index in [0.717, 1.165) is 53.6 Å². The summed E-state index contributed by atoms with van der Waals surface area (Å²) in [5.41, 5.74) is 4.27. The molecule has 5 aromatic rings. The summed E-state index contributed by atoms with van der Waals surface area (Å²) in [5, 5.41) is 34.3. The molecular formula is C28H30N6O2. The predicted molar refractivity (Wildman–Crippen MR) is 140 cm³/mol. The van der Waals surface area contributed by atoms with E-state index in [-0.39, 0.29) is 12.0 Å². The normalized spacial score (nSPS) is 21.9. The summed E-state index contributed by atoms with van der Waals surface area (Å²) in [4.78, 5) is 8.98. The molecule has 8 nitrogen and oxygen atoms in total. The molecule has 36 heavy (non-hydrogen) atoms. The van der Waals surface area contributed by atoms with E-state index in [4.69, 9.17) is 0 Å². The average molecular weight is 483 g/mol. The van der Waals surface area contributed by atoms with Crippen LogP contribution >= 0.6 is 0 Å². The molecule has 0 bridgehead atoms. The Morgan fingerprint density at radius 3 is 2.75 bits per heavy atom. The standard InChI is InChI=1S/C28H30N6O2/c35-25-20(8-6-19-7-9-23-21(14-19)16-32-33-23)15-24(26(25)36)34-13-11-22-27(30-17-31-28(22)34)29-12-10-18-4-2-1-3-5-18/h1-5,7,9,11,13-14,16-17,20,24-26,35-36H,6,8,10,12,15H2,(H,32,33)(H,29,30,31)/t20-,24+,25+,26-/m0/s1. The van der Waals surface area contributed by atoms with Crippen molar-refractivity contribution in [3.05, 3.63) is 84.4 Å². The Morgan fingerprint density at radius 1 is 0.972 bits per heavy atom. The molecule has 4 atom stereocenters. The van der Waals surface area contributed by atoms with Crippen molar-refractivity contribution in [1.82, 2.24) is 24.7 Å². The number of aliphatic hydroxyl groups is 2. The lowest BCUT2D eigenvalue weighted by Gasteiger charge is -2.19.